The Morgan fingerprint density at radius 3 is 2.78 bits per heavy atom. The lowest BCUT2D eigenvalue weighted by Crippen LogP contribution is -2.39. The fraction of sp³-hybridized carbons (Fsp3) is 0.321. The Labute approximate surface area is 225 Å². The van der Waals surface area contributed by atoms with Gasteiger partial charge in [-0.05, 0) is 56.7 Å². The summed E-state index contributed by atoms with van der Waals surface area (Å²) in [5.41, 5.74) is 3.66. The molecule has 9 heteroatoms. The number of likely N-dealkylation sites (tertiary alicyclic amines) is 1. The average Bonchev–Trinajstić information content (AvgIpc) is 3.46. The van der Waals surface area contributed by atoms with Gasteiger partial charge in [0, 0.05) is 41.4 Å². The van der Waals surface area contributed by atoms with Gasteiger partial charge in [0.1, 0.15) is 11.5 Å². The zero-order valence-corrected chi connectivity index (χ0v) is 23.0. The molecule has 5 rings (SSSR count). The number of thioether (sulfide) groups is 1. The van der Waals surface area contributed by atoms with E-state index in [4.69, 9.17) is 9.47 Å². The van der Waals surface area contributed by atoms with Crippen molar-refractivity contribution in [2.75, 3.05) is 26.1 Å². The fourth-order valence-corrected chi connectivity index (χ4v) is 6.88. The summed E-state index contributed by atoms with van der Waals surface area (Å²) >= 11 is 3.38. The van der Waals surface area contributed by atoms with Gasteiger partial charge in [0.2, 0.25) is 5.91 Å². The molecule has 1 N–H and O–H groups in total. The number of aromatic nitrogens is 2. The predicted molar refractivity (Wildman–Crippen MR) is 150 cm³/mol. The molecule has 1 fully saturated rings. The molecule has 0 bridgehead atoms. The van der Waals surface area contributed by atoms with Gasteiger partial charge in [-0.1, -0.05) is 12.1 Å². The number of methoxy groups -OCH3 is 2. The lowest BCUT2D eigenvalue weighted by Gasteiger charge is -2.25. The molecule has 0 aliphatic carbocycles. The number of hydrogen-bond donors (Lipinski definition) is 1. The molecule has 0 saturated carbocycles. The molecule has 2 aromatic carbocycles. The van der Waals surface area contributed by atoms with Crippen LogP contribution < -0.4 is 14.8 Å². The van der Waals surface area contributed by atoms with Gasteiger partial charge in [-0.3, -0.25) is 9.69 Å². The zero-order chi connectivity index (χ0) is 25.9. The summed E-state index contributed by atoms with van der Waals surface area (Å²) in [7, 11) is 3.33. The van der Waals surface area contributed by atoms with Crippen LogP contribution in [0.4, 0.5) is 5.69 Å². The highest BCUT2D eigenvalue weighted by Gasteiger charge is 2.38. The van der Waals surface area contributed by atoms with Crippen molar-refractivity contribution >= 4 is 44.9 Å². The number of nitrogens with one attached hydrogen (secondary N) is 1. The minimum atomic E-state index is -0.291. The van der Waals surface area contributed by atoms with Crippen molar-refractivity contribution in [3.63, 3.8) is 0 Å². The van der Waals surface area contributed by atoms with Crippen LogP contribution in [0.1, 0.15) is 22.6 Å². The van der Waals surface area contributed by atoms with Crippen molar-refractivity contribution < 1.29 is 14.3 Å². The smallest absolute Gasteiger partial charge is 0.241 e. The molecule has 0 unspecified atom stereocenters. The van der Waals surface area contributed by atoms with E-state index in [2.05, 4.69) is 20.2 Å². The third-order valence-electron chi connectivity index (χ3n) is 6.59. The highest BCUT2D eigenvalue weighted by molar-refractivity contribution is 7.99. The van der Waals surface area contributed by atoms with Gasteiger partial charge in [0.05, 0.1) is 40.5 Å². The van der Waals surface area contributed by atoms with Crippen LogP contribution in [0.2, 0.25) is 0 Å². The van der Waals surface area contributed by atoms with E-state index >= 15 is 0 Å². The van der Waals surface area contributed by atoms with Crippen LogP contribution >= 0.6 is 23.1 Å². The van der Waals surface area contributed by atoms with Crippen LogP contribution in [0.15, 0.2) is 59.8 Å². The predicted octanol–water partition coefficient (Wildman–Crippen LogP) is 5.70. The first-order chi connectivity index (χ1) is 17.9. The number of thiazole rings is 1. The maximum Gasteiger partial charge on any atom is 0.241 e. The number of hydrogen-bond acceptors (Lipinski definition) is 8. The van der Waals surface area contributed by atoms with Gasteiger partial charge in [-0.25, -0.2) is 9.97 Å². The summed E-state index contributed by atoms with van der Waals surface area (Å²) in [4.78, 5) is 24.9. The van der Waals surface area contributed by atoms with Crippen LogP contribution in [-0.2, 0) is 11.3 Å². The second kappa shape index (κ2) is 11.1. The number of anilines is 1. The lowest BCUT2D eigenvalue weighted by molar-refractivity contribution is -0.120. The largest absolute Gasteiger partial charge is 0.496 e. The summed E-state index contributed by atoms with van der Waals surface area (Å²) < 4.78 is 12.4. The van der Waals surface area contributed by atoms with E-state index in [-0.39, 0.29) is 17.2 Å². The molecular weight excluding hydrogens is 504 g/mol. The molecule has 1 aliphatic heterocycles. The van der Waals surface area contributed by atoms with Gasteiger partial charge >= 0.3 is 0 Å². The molecule has 0 radical (unpaired) electrons. The van der Waals surface area contributed by atoms with E-state index in [0.29, 0.717) is 6.54 Å². The minimum Gasteiger partial charge on any atom is -0.496 e. The van der Waals surface area contributed by atoms with Crippen molar-refractivity contribution in [3.05, 3.63) is 70.9 Å². The summed E-state index contributed by atoms with van der Waals surface area (Å²) in [6.45, 7) is 5.34. The fourth-order valence-electron chi connectivity index (χ4n) is 4.91. The first-order valence-corrected chi connectivity index (χ1v) is 13.8. The molecule has 37 heavy (non-hydrogen) atoms. The summed E-state index contributed by atoms with van der Waals surface area (Å²) in [6, 6.07) is 15.5. The molecule has 192 valence electrons. The normalized spacial score (nSPS) is 17.7. The van der Waals surface area contributed by atoms with Crippen LogP contribution in [0.25, 0.3) is 10.2 Å². The van der Waals surface area contributed by atoms with Crippen molar-refractivity contribution in [3.8, 4) is 11.5 Å². The minimum absolute atomic E-state index is 0.0142. The van der Waals surface area contributed by atoms with Gasteiger partial charge in [0.15, 0.2) is 0 Å². The molecular formula is C28H30N4O3S2. The number of pyridine rings is 1. The molecule has 4 aromatic rings. The highest BCUT2D eigenvalue weighted by Crippen LogP contribution is 2.37. The molecule has 2 atom stereocenters. The Morgan fingerprint density at radius 2 is 2.03 bits per heavy atom. The molecule has 1 amide bonds. The molecule has 7 nitrogen and oxygen atoms in total. The van der Waals surface area contributed by atoms with Crippen molar-refractivity contribution in [2.45, 2.75) is 43.1 Å². The summed E-state index contributed by atoms with van der Waals surface area (Å²) in [5.74, 6) is 1.57. The summed E-state index contributed by atoms with van der Waals surface area (Å²) in [6.07, 6.45) is 2.53. The Morgan fingerprint density at radius 1 is 1.16 bits per heavy atom. The number of carbonyl (C=O) groups excluding carboxylic acids is 1. The lowest BCUT2D eigenvalue weighted by atomic mass is 10.1. The van der Waals surface area contributed by atoms with Gasteiger partial charge < -0.3 is 14.8 Å². The quantitative estimate of drug-likeness (QED) is 0.311. The van der Waals surface area contributed by atoms with Gasteiger partial charge in [-0.15, -0.1) is 23.1 Å². The van der Waals surface area contributed by atoms with E-state index in [1.807, 2.05) is 62.4 Å². The molecule has 1 aliphatic rings. The first-order valence-electron chi connectivity index (χ1n) is 12.2. The number of nitrogens with zero attached hydrogens (tertiary/aromatic N) is 3. The molecule has 2 aromatic heterocycles. The number of benzene rings is 2. The number of ether oxygens (including phenoxy) is 2. The average molecular weight is 535 g/mol. The van der Waals surface area contributed by atoms with Gasteiger partial charge in [0.25, 0.3) is 0 Å². The number of aryl methyl sites for hydroxylation is 1. The van der Waals surface area contributed by atoms with E-state index in [9.17, 15) is 4.79 Å². The van der Waals surface area contributed by atoms with E-state index in [1.165, 1.54) is 0 Å². The van der Waals surface area contributed by atoms with E-state index in [1.54, 1.807) is 43.5 Å². The van der Waals surface area contributed by atoms with Crippen molar-refractivity contribution in [2.24, 2.45) is 0 Å². The zero-order valence-electron chi connectivity index (χ0n) is 21.4. The summed E-state index contributed by atoms with van der Waals surface area (Å²) in [5, 5.41) is 5.37. The monoisotopic (exact) mass is 534 g/mol. The maximum atomic E-state index is 13.6. The van der Waals surface area contributed by atoms with Crippen molar-refractivity contribution in [1.82, 2.24) is 14.9 Å². The molecule has 3 heterocycles. The standard InChI is InChI=1S/C28H30N4O3S2/c1-17-24(34-3)10-8-19(27(17)35-4)15-32-16-21(37-26-7-5-6-12-29-26)14-23(32)28(33)31-20-9-11-25-22(13-20)30-18(2)36-25/h5-13,21,23H,14-16H2,1-4H3,(H,31,33)/t21-,23+/m1/s1. The van der Waals surface area contributed by atoms with Gasteiger partial charge in [-0.2, -0.15) is 0 Å². The third kappa shape index (κ3) is 5.58. The molecule has 1 saturated heterocycles. The maximum absolute atomic E-state index is 13.6. The third-order valence-corrected chi connectivity index (χ3v) is 8.70. The Balaban J connectivity index is 1.39. The molecule has 0 spiro atoms. The number of rotatable bonds is 8. The Hall–Kier alpha value is -3.14. The number of amides is 1. The van der Waals surface area contributed by atoms with E-state index in [0.717, 1.165) is 61.5 Å². The van der Waals surface area contributed by atoms with Crippen LogP contribution in [0.5, 0.6) is 11.5 Å². The Bertz CT molecular complexity index is 1410. The van der Waals surface area contributed by atoms with Crippen LogP contribution in [-0.4, -0.2) is 52.8 Å². The number of fused-ring (bicyclic) bond motifs is 1. The SMILES string of the molecule is COc1ccc(CN2C[C@H](Sc3ccccn3)C[C@H]2C(=O)Nc2ccc3sc(C)nc3c2)c(OC)c1C. The van der Waals surface area contributed by atoms with Crippen molar-refractivity contribution in [1.29, 1.82) is 0 Å². The van der Waals surface area contributed by atoms with Crippen LogP contribution in [0.3, 0.4) is 0 Å². The Kier molecular flexibility index (Phi) is 7.64. The van der Waals surface area contributed by atoms with E-state index < -0.39 is 0 Å². The highest BCUT2D eigenvalue weighted by atomic mass is 32.2. The topological polar surface area (TPSA) is 76.6 Å². The first kappa shape index (κ1) is 25.5. The second-order valence-corrected chi connectivity index (χ2v) is 11.6. The second-order valence-electron chi connectivity index (χ2n) is 9.08. The number of carbonyl (C=O) groups is 1. The van der Waals surface area contributed by atoms with Crippen LogP contribution in [0, 0.1) is 13.8 Å².